The third kappa shape index (κ3) is 3.26. The monoisotopic (exact) mass is 270 g/mol. The summed E-state index contributed by atoms with van der Waals surface area (Å²) < 4.78 is 77.3. The molecule has 0 unspecified atom stereocenters. The van der Waals surface area contributed by atoms with Crippen molar-refractivity contribution in [3.8, 4) is 11.8 Å². The Morgan fingerprint density at radius 3 is 2.44 bits per heavy atom. The molecule has 0 saturated heterocycles. The Morgan fingerprint density at radius 1 is 1.39 bits per heavy atom. The van der Waals surface area contributed by atoms with Gasteiger partial charge >= 0.3 is 6.36 Å². The predicted molar refractivity (Wildman–Crippen MR) is 45.2 cm³/mol. The minimum atomic E-state index is -5.27. The van der Waals surface area contributed by atoms with Crippen molar-refractivity contribution in [3.63, 3.8) is 0 Å². The Bertz CT molecular complexity index is 479. The Labute approximate surface area is 96.6 Å². The number of ether oxygens (including phenoxy) is 1. The second kappa shape index (κ2) is 5.12. The van der Waals surface area contributed by atoms with Crippen LogP contribution in [-0.2, 0) is 6.42 Å². The zero-order valence-corrected chi connectivity index (χ0v) is 8.43. The fourth-order valence-electron chi connectivity index (χ4n) is 1.19. The van der Waals surface area contributed by atoms with Gasteiger partial charge in [-0.05, 0) is 0 Å². The van der Waals surface area contributed by atoms with Crippen molar-refractivity contribution in [2.24, 2.45) is 0 Å². The zero-order chi connectivity index (χ0) is 13.9. The van der Waals surface area contributed by atoms with E-state index < -0.39 is 42.0 Å². The van der Waals surface area contributed by atoms with E-state index >= 15 is 0 Å². The zero-order valence-electron chi connectivity index (χ0n) is 8.43. The summed E-state index contributed by atoms with van der Waals surface area (Å²) in [5, 5.41) is 8.37. The molecule has 98 valence electrons. The lowest BCUT2D eigenvalue weighted by molar-refractivity contribution is -0.276. The topological polar surface area (TPSA) is 45.9 Å². The fraction of sp³-hybridized carbons (Fsp3) is 0.333. The smallest absolute Gasteiger partial charge is 0.401 e. The summed E-state index contributed by atoms with van der Waals surface area (Å²) in [5.41, 5.74) is -1.84. The lowest BCUT2D eigenvalue weighted by Crippen LogP contribution is -2.20. The molecule has 1 heterocycles. The first-order valence-electron chi connectivity index (χ1n) is 4.34. The molecule has 1 aromatic heterocycles. The quantitative estimate of drug-likeness (QED) is 0.626. The molecule has 0 N–H and O–H groups in total. The van der Waals surface area contributed by atoms with Crippen LogP contribution in [-0.4, -0.2) is 11.3 Å². The van der Waals surface area contributed by atoms with Gasteiger partial charge in [0, 0.05) is 17.3 Å². The molecule has 0 atom stereocenters. The molecule has 1 aromatic rings. The van der Waals surface area contributed by atoms with E-state index in [1.807, 2.05) is 0 Å². The Morgan fingerprint density at radius 2 is 2.00 bits per heavy atom. The number of alkyl halides is 5. The molecule has 0 amide bonds. The summed E-state index contributed by atoms with van der Waals surface area (Å²) in [4.78, 5) is 2.75. The van der Waals surface area contributed by atoms with Gasteiger partial charge in [-0.15, -0.1) is 13.2 Å². The van der Waals surface area contributed by atoms with Gasteiger partial charge in [0.2, 0.25) is 0 Å². The number of nitrogens with zero attached hydrogens (tertiary/aromatic N) is 2. The highest BCUT2D eigenvalue weighted by atomic mass is 19.4. The van der Waals surface area contributed by atoms with Gasteiger partial charge in [-0.2, -0.15) is 9.65 Å². The minimum Gasteiger partial charge on any atom is -0.401 e. The molecule has 0 fully saturated rings. The van der Waals surface area contributed by atoms with Gasteiger partial charge in [-0.1, -0.05) is 0 Å². The highest BCUT2D eigenvalue weighted by Crippen LogP contribution is 2.34. The van der Waals surface area contributed by atoms with E-state index in [0.717, 1.165) is 0 Å². The molecular formula is C9H4F6N2O. The molecule has 0 radical (unpaired) electrons. The summed E-state index contributed by atoms with van der Waals surface area (Å²) in [6.07, 6.45) is -8.95. The van der Waals surface area contributed by atoms with Crippen LogP contribution in [0.3, 0.4) is 0 Å². The van der Waals surface area contributed by atoms with Crippen molar-refractivity contribution in [1.82, 2.24) is 4.98 Å². The summed E-state index contributed by atoms with van der Waals surface area (Å²) >= 11 is 0. The van der Waals surface area contributed by atoms with E-state index in [0.29, 0.717) is 6.20 Å². The van der Waals surface area contributed by atoms with E-state index in [4.69, 9.17) is 5.26 Å². The van der Waals surface area contributed by atoms with Gasteiger partial charge in [-0.3, -0.25) is 0 Å². The molecule has 18 heavy (non-hydrogen) atoms. The van der Waals surface area contributed by atoms with Crippen molar-refractivity contribution < 1.29 is 31.1 Å². The molecule has 9 heteroatoms. The maximum atomic E-state index is 13.1. The number of rotatable bonds is 3. The lowest BCUT2D eigenvalue weighted by Gasteiger charge is -2.14. The Balaban J connectivity index is 3.37. The highest BCUT2D eigenvalue weighted by molar-refractivity contribution is 5.40. The number of aromatic nitrogens is 1. The third-order valence-corrected chi connectivity index (χ3v) is 1.84. The molecule has 1 rings (SSSR count). The first kappa shape index (κ1) is 14.1. The number of halogens is 6. The largest absolute Gasteiger partial charge is 0.573 e. The van der Waals surface area contributed by atoms with Gasteiger partial charge in [0.05, 0.1) is 12.5 Å². The van der Waals surface area contributed by atoms with Crippen LogP contribution < -0.4 is 4.74 Å². The van der Waals surface area contributed by atoms with Crippen molar-refractivity contribution in [3.05, 3.63) is 23.3 Å². The van der Waals surface area contributed by atoms with E-state index in [2.05, 4.69) is 9.72 Å². The van der Waals surface area contributed by atoms with Gasteiger partial charge in [0.1, 0.15) is 0 Å². The molecule has 0 aliphatic carbocycles. The SMILES string of the molecule is N#CCc1c(C(F)F)cnc(F)c1OC(F)(F)F. The number of nitriles is 1. The Kier molecular flexibility index (Phi) is 4.00. The average Bonchev–Trinajstić information content (AvgIpc) is 2.21. The van der Waals surface area contributed by atoms with E-state index in [1.54, 1.807) is 0 Å². The summed E-state index contributed by atoms with van der Waals surface area (Å²) in [5.74, 6) is -3.20. The standard InChI is InChI=1S/C9H4F6N2O/c10-7(11)5-3-17-8(12)6(4(5)1-2-16)18-9(13,14)15/h3,7H,1H2. The van der Waals surface area contributed by atoms with Gasteiger partial charge in [0.25, 0.3) is 12.4 Å². The highest BCUT2D eigenvalue weighted by Gasteiger charge is 2.35. The van der Waals surface area contributed by atoms with Gasteiger partial charge < -0.3 is 4.74 Å². The average molecular weight is 270 g/mol. The first-order chi connectivity index (χ1) is 8.26. The van der Waals surface area contributed by atoms with Crippen LogP contribution in [0.15, 0.2) is 6.20 Å². The molecule has 0 aliphatic heterocycles. The molecule has 0 saturated carbocycles. The summed E-state index contributed by atoms with van der Waals surface area (Å²) in [7, 11) is 0. The molecule has 0 aliphatic rings. The van der Waals surface area contributed by atoms with Crippen LogP contribution in [0.4, 0.5) is 26.3 Å². The second-order valence-corrected chi connectivity index (χ2v) is 3.00. The van der Waals surface area contributed by atoms with Crippen LogP contribution >= 0.6 is 0 Å². The van der Waals surface area contributed by atoms with Crippen LogP contribution in [0.2, 0.25) is 0 Å². The van der Waals surface area contributed by atoms with Crippen LogP contribution in [0, 0.1) is 17.3 Å². The third-order valence-electron chi connectivity index (χ3n) is 1.84. The van der Waals surface area contributed by atoms with Crippen LogP contribution in [0.1, 0.15) is 17.6 Å². The van der Waals surface area contributed by atoms with Crippen LogP contribution in [0.5, 0.6) is 5.75 Å². The van der Waals surface area contributed by atoms with Crippen molar-refractivity contribution in [1.29, 1.82) is 5.26 Å². The lowest BCUT2D eigenvalue weighted by atomic mass is 10.1. The van der Waals surface area contributed by atoms with Crippen LogP contribution in [0.25, 0.3) is 0 Å². The predicted octanol–water partition coefficient (Wildman–Crippen LogP) is 3.12. The van der Waals surface area contributed by atoms with E-state index in [1.165, 1.54) is 6.07 Å². The van der Waals surface area contributed by atoms with Crippen molar-refractivity contribution in [2.45, 2.75) is 19.2 Å². The fourth-order valence-corrected chi connectivity index (χ4v) is 1.19. The number of hydrogen-bond donors (Lipinski definition) is 0. The molecule has 0 spiro atoms. The van der Waals surface area contributed by atoms with E-state index in [-0.39, 0.29) is 0 Å². The normalized spacial score (nSPS) is 11.4. The van der Waals surface area contributed by atoms with Crippen molar-refractivity contribution >= 4 is 0 Å². The molecular weight excluding hydrogens is 266 g/mol. The number of hydrogen-bond acceptors (Lipinski definition) is 3. The minimum absolute atomic E-state index is 0.371. The molecule has 3 nitrogen and oxygen atoms in total. The maximum absolute atomic E-state index is 13.1. The first-order valence-corrected chi connectivity index (χ1v) is 4.34. The number of pyridine rings is 1. The molecule has 0 aromatic carbocycles. The Hall–Kier alpha value is -1.98. The van der Waals surface area contributed by atoms with Gasteiger partial charge in [0.15, 0.2) is 5.75 Å². The van der Waals surface area contributed by atoms with Crippen molar-refractivity contribution in [2.75, 3.05) is 0 Å². The van der Waals surface area contributed by atoms with E-state index in [9.17, 15) is 26.3 Å². The van der Waals surface area contributed by atoms with Gasteiger partial charge in [-0.25, -0.2) is 13.8 Å². The maximum Gasteiger partial charge on any atom is 0.573 e. The second-order valence-electron chi connectivity index (χ2n) is 3.00. The summed E-state index contributed by atoms with van der Waals surface area (Å²) in [6, 6.07) is 1.36. The summed E-state index contributed by atoms with van der Waals surface area (Å²) in [6.45, 7) is 0. The molecule has 0 bridgehead atoms.